The van der Waals surface area contributed by atoms with E-state index in [9.17, 15) is 0 Å². The third kappa shape index (κ3) is 30800. The second-order valence-electron chi connectivity index (χ2n) is 0.755. The lowest BCUT2D eigenvalue weighted by atomic mass is 10.8. The standard InChI is InChI=1S/C2H7N.H4O3Si/c1-2-3;1-4(2)3/h2-3H2,1H3;1-4H. The maximum atomic E-state index is 7.31. The molecule has 0 saturated heterocycles. The van der Waals surface area contributed by atoms with Gasteiger partial charge in [-0.2, -0.15) is 0 Å². The summed E-state index contributed by atoms with van der Waals surface area (Å²) in [7, 11) is -3.14. The fourth-order valence-electron chi connectivity index (χ4n) is 0. The second kappa shape index (κ2) is 9.41. The first-order valence-electron chi connectivity index (χ1n) is 1.89. The molecule has 0 fully saturated rings. The molecule has 0 aliphatic rings. The molecule has 5 heteroatoms. The zero-order valence-electron chi connectivity index (χ0n) is 4.20. The highest BCUT2D eigenvalue weighted by molar-refractivity contribution is 6.30. The van der Waals surface area contributed by atoms with Crippen LogP contribution in [0.3, 0.4) is 0 Å². The molecular formula is C2H11NO3Si. The van der Waals surface area contributed by atoms with Crippen LogP contribution in [0.4, 0.5) is 0 Å². The molecule has 7 heavy (non-hydrogen) atoms. The van der Waals surface area contributed by atoms with Gasteiger partial charge in [0.2, 0.25) is 0 Å². The summed E-state index contributed by atoms with van der Waals surface area (Å²) in [6.07, 6.45) is 0. The van der Waals surface area contributed by atoms with Crippen molar-refractivity contribution in [3.05, 3.63) is 0 Å². The molecule has 0 spiro atoms. The molecule has 0 radical (unpaired) electrons. The largest absolute Gasteiger partial charge is 0.475 e. The van der Waals surface area contributed by atoms with E-state index in [4.69, 9.17) is 20.1 Å². The molecule has 0 saturated carbocycles. The average molecular weight is 125 g/mol. The van der Waals surface area contributed by atoms with Crippen LogP contribution in [-0.2, 0) is 0 Å². The van der Waals surface area contributed by atoms with Crippen molar-refractivity contribution in [1.82, 2.24) is 0 Å². The molecule has 0 aliphatic heterocycles. The van der Waals surface area contributed by atoms with Crippen molar-refractivity contribution in [2.24, 2.45) is 5.73 Å². The molecule has 46 valence electrons. The van der Waals surface area contributed by atoms with Gasteiger partial charge >= 0.3 is 9.53 Å². The van der Waals surface area contributed by atoms with Gasteiger partial charge in [-0.25, -0.2) is 0 Å². The van der Waals surface area contributed by atoms with Gasteiger partial charge in [-0.15, -0.1) is 0 Å². The number of nitrogens with two attached hydrogens (primary N) is 1. The number of hydrogen-bond acceptors (Lipinski definition) is 4. The Morgan fingerprint density at radius 3 is 1.43 bits per heavy atom. The maximum Gasteiger partial charge on any atom is 0.475 e. The van der Waals surface area contributed by atoms with Crippen LogP contribution in [0.5, 0.6) is 0 Å². The Morgan fingerprint density at radius 2 is 1.43 bits per heavy atom. The second-order valence-corrected chi connectivity index (χ2v) is 1.45. The molecule has 0 aromatic heterocycles. The van der Waals surface area contributed by atoms with E-state index in [1.165, 1.54) is 0 Å². The van der Waals surface area contributed by atoms with Crippen LogP contribution < -0.4 is 5.73 Å². The van der Waals surface area contributed by atoms with Crippen molar-refractivity contribution in [3.8, 4) is 0 Å². The van der Waals surface area contributed by atoms with Crippen LogP contribution in [0.1, 0.15) is 6.92 Å². The Kier molecular flexibility index (Phi) is 13.6. The minimum absolute atomic E-state index is 0.750. The Morgan fingerprint density at radius 1 is 1.43 bits per heavy atom. The molecule has 0 rings (SSSR count). The first-order valence-corrected chi connectivity index (χ1v) is 3.44. The van der Waals surface area contributed by atoms with E-state index in [0.717, 1.165) is 6.54 Å². The molecule has 0 heterocycles. The van der Waals surface area contributed by atoms with E-state index in [-0.39, 0.29) is 0 Å². The summed E-state index contributed by atoms with van der Waals surface area (Å²) in [6.45, 7) is 2.65. The van der Waals surface area contributed by atoms with Crippen LogP contribution in [0.25, 0.3) is 0 Å². The molecule has 0 aliphatic carbocycles. The summed E-state index contributed by atoms with van der Waals surface area (Å²) in [6, 6.07) is 0. The lowest BCUT2D eigenvalue weighted by Crippen LogP contribution is -2.07. The fraction of sp³-hybridized carbons (Fsp3) is 1.00. The van der Waals surface area contributed by atoms with Gasteiger partial charge in [0, 0.05) is 0 Å². The molecule has 0 amide bonds. The number of rotatable bonds is 0. The Bertz CT molecular complexity index is 24.1. The van der Waals surface area contributed by atoms with Gasteiger partial charge in [-0.1, -0.05) is 6.92 Å². The third-order valence-corrected chi connectivity index (χ3v) is 0. The predicted molar refractivity (Wildman–Crippen MR) is 28.5 cm³/mol. The fourth-order valence-corrected chi connectivity index (χ4v) is 0. The van der Waals surface area contributed by atoms with Gasteiger partial charge in [0.05, 0.1) is 0 Å². The summed E-state index contributed by atoms with van der Waals surface area (Å²) in [4.78, 5) is 21.9. The molecule has 0 aromatic carbocycles. The lowest BCUT2D eigenvalue weighted by Gasteiger charge is -1.74. The lowest BCUT2D eigenvalue weighted by molar-refractivity contribution is 0.278. The van der Waals surface area contributed by atoms with Crippen LogP contribution in [0.2, 0.25) is 0 Å². The van der Waals surface area contributed by atoms with Gasteiger partial charge in [-0.3, -0.25) is 0 Å². The summed E-state index contributed by atoms with van der Waals surface area (Å²) in [5.74, 6) is 0. The van der Waals surface area contributed by atoms with Gasteiger partial charge in [0.15, 0.2) is 0 Å². The molecular weight excluding hydrogens is 114 g/mol. The molecule has 0 bridgehead atoms. The highest BCUT2D eigenvalue weighted by Crippen LogP contribution is 1.40. The van der Waals surface area contributed by atoms with Crippen molar-refractivity contribution in [1.29, 1.82) is 0 Å². The Hall–Kier alpha value is 0.0569. The zero-order valence-corrected chi connectivity index (χ0v) is 5.36. The summed E-state index contributed by atoms with van der Waals surface area (Å²) in [5.41, 5.74) is 4.85. The quantitative estimate of drug-likeness (QED) is 0.273. The Balaban J connectivity index is 0. The van der Waals surface area contributed by atoms with E-state index >= 15 is 0 Å². The first kappa shape index (κ1) is 10.1. The monoisotopic (exact) mass is 125 g/mol. The third-order valence-electron chi connectivity index (χ3n) is 0. The topological polar surface area (TPSA) is 86.7 Å². The first-order chi connectivity index (χ1) is 3.15. The zero-order chi connectivity index (χ0) is 6.28. The van der Waals surface area contributed by atoms with Gasteiger partial charge in [-0.05, 0) is 6.54 Å². The number of hydrogen-bond donors (Lipinski definition) is 4. The smallest absolute Gasteiger partial charge is 0.392 e. The molecule has 0 aromatic rings. The van der Waals surface area contributed by atoms with Crippen molar-refractivity contribution in [2.75, 3.05) is 6.54 Å². The average Bonchev–Trinajstić information content (AvgIpc) is 1.33. The van der Waals surface area contributed by atoms with Crippen LogP contribution in [-0.4, -0.2) is 30.5 Å². The summed E-state index contributed by atoms with van der Waals surface area (Å²) < 4.78 is 0. The molecule has 0 atom stereocenters. The van der Waals surface area contributed by atoms with Gasteiger partial charge in [0.1, 0.15) is 0 Å². The maximum absolute atomic E-state index is 7.31. The van der Waals surface area contributed by atoms with E-state index in [1.54, 1.807) is 0 Å². The van der Waals surface area contributed by atoms with Gasteiger partial charge < -0.3 is 20.1 Å². The minimum atomic E-state index is -3.14. The van der Waals surface area contributed by atoms with Gasteiger partial charge in [0.25, 0.3) is 0 Å². The predicted octanol–water partition coefficient (Wildman–Crippen LogP) is -2.35. The SMILES string of the molecule is CCN.O[SiH](O)O. The Labute approximate surface area is 44.2 Å². The molecule has 4 nitrogen and oxygen atoms in total. The summed E-state index contributed by atoms with van der Waals surface area (Å²) in [5, 5.41) is 0. The van der Waals surface area contributed by atoms with Crippen LogP contribution in [0, 0.1) is 0 Å². The minimum Gasteiger partial charge on any atom is -0.392 e. The van der Waals surface area contributed by atoms with Crippen molar-refractivity contribution in [3.63, 3.8) is 0 Å². The highest BCUT2D eigenvalue weighted by Gasteiger charge is 1.83. The van der Waals surface area contributed by atoms with Crippen molar-refractivity contribution in [2.45, 2.75) is 6.92 Å². The van der Waals surface area contributed by atoms with E-state index < -0.39 is 9.53 Å². The van der Waals surface area contributed by atoms with E-state index in [2.05, 4.69) is 0 Å². The highest BCUT2D eigenvalue weighted by atomic mass is 28.3. The molecule has 0 unspecified atom stereocenters. The van der Waals surface area contributed by atoms with Crippen molar-refractivity contribution < 1.29 is 14.4 Å². The molecule has 5 N–H and O–H groups in total. The van der Waals surface area contributed by atoms with Crippen LogP contribution in [0.15, 0.2) is 0 Å². The normalized spacial score (nSPS) is 7.71. The van der Waals surface area contributed by atoms with E-state index in [0.29, 0.717) is 0 Å². The van der Waals surface area contributed by atoms with E-state index in [1.807, 2.05) is 6.92 Å². The van der Waals surface area contributed by atoms with Crippen molar-refractivity contribution >= 4 is 9.53 Å². The van der Waals surface area contributed by atoms with Crippen LogP contribution >= 0.6 is 0 Å². The summed E-state index contributed by atoms with van der Waals surface area (Å²) >= 11 is 0.